The van der Waals surface area contributed by atoms with Gasteiger partial charge in [-0.25, -0.2) is 13.6 Å². The van der Waals surface area contributed by atoms with E-state index in [1.807, 2.05) is 24.3 Å². The van der Waals surface area contributed by atoms with Gasteiger partial charge in [0, 0.05) is 17.7 Å². The molecule has 1 fully saturated rings. The van der Waals surface area contributed by atoms with Gasteiger partial charge in [0.15, 0.2) is 0 Å². The monoisotopic (exact) mass is 405 g/mol. The van der Waals surface area contributed by atoms with Crippen LogP contribution < -0.4 is 10.5 Å². The van der Waals surface area contributed by atoms with Crippen LogP contribution in [0.3, 0.4) is 0 Å². The summed E-state index contributed by atoms with van der Waals surface area (Å²) in [6, 6.07) is 6.03. The number of halogens is 3. The van der Waals surface area contributed by atoms with Crippen LogP contribution in [0.25, 0.3) is 0 Å². The van der Waals surface area contributed by atoms with Crippen molar-refractivity contribution in [3.05, 3.63) is 40.8 Å². The van der Waals surface area contributed by atoms with E-state index in [-0.39, 0.29) is 12.4 Å². The smallest absolute Gasteiger partial charge is 0.416 e. The van der Waals surface area contributed by atoms with Gasteiger partial charge >= 0.3 is 6.09 Å². The largest absolute Gasteiger partial charge is 0.492 e. The van der Waals surface area contributed by atoms with Crippen molar-refractivity contribution in [3.8, 4) is 5.75 Å². The summed E-state index contributed by atoms with van der Waals surface area (Å²) < 4.78 is 36.9. The maximum absolute atomic E-state index is 12.9. The average Bonchev–Trinajstić information content (AvgIpc) is 2.89. The highest BCUT2D eigenvalue weighted by Crippen LogP contribution is 2.21. The molecule has 0 aromatic heterocycles. The molecule has 2 rings (SSSR count). The molecule has 1 saturated heterocycles. The second-order valence-electron chi connectivity index (χ2n) is 5.19. The minimum atomic E-state index is -2.73. The fourth-order valence-electron chi connectivity index (χ4n) is 2.14. The number of hydrogen-bond acceptors (Lipinski definition) is 5. The van der Waals surface area contributed by atoms with Crippen molar-refractivity contribution in [2.75, 3.05) is 26.8 Å². The van der Waals surface area contributed by atoms with Crippen LogP contribution in [0.4, 0.5) is 13.6 Å². The van der Waals surface area contributed by atoms with Crippen LogP contribution in [-0.2, 0) is 4.74 Å². The first-order valence-electron chi connectivity index (χ1n) is 7.18. The molecule has 1 unspecified atom stereocenters. The molecule has 0 saturated carbocycles. The molecule has 1 aromatic rings. The maximum atomic E-state index is 12.9. The number of rotatable bonds is 7. The summed E-state index contributed by atoms with van der Waals surface area (Å²) in [5, 5.41) is 0. The van der Waals surface area contributed by atoms with E-state index in [1.54, 1.807) is 11.9 Å². The van der Waals surface area contributed by atoms with E-state index in [0.29, 0.717) is 18.9 Å². The molecule has 6 nitrogen and oxygen atoms in total. The van der Waals surface area contributed by atoms with E-state index in [9.17, 15) is 13.6 Å². The lowest BCUT2D eigenvalue weighted by Gasteiger charge is -2.23. The number of hydrogen-bond donors (Lipinski definition) is 1. The van der Waals surface area contributed by atoms with E-state index >= 15 is 0 Å². The molecule has 0 spiro atoms. The molecule has 1 amide bonds. The van der Waals surface area contributed by atoms with Crippen LogP contribution in [0.2, 0.25) is 0 Å². The Morgan fingerprint density at radius 2 is 2.38 bits per heavy atom. The van der Waals surface area contributed by atoms with Gasteiger partial charge in [0.1, 0.15) is 30.8 Å². The second kappa shape index (κ2) is 8.18. The second-order valence-corrected chi connectivity index (χ2v) is 6.10. The first-order valence-corrected chi connectivity index (χ1v) is 7.98. The van der Waals surface area contributed by atoms with Crippen molar-refractivity contribution in [1.29, 1.82) is 0 Å². The third-order valence-corrected chi connectivity index (χ3v) is 3.83. The number of amides is 1. The SMILES string of the molecule is CN(/C=C(\N)N1C(=O)OCC1C(F)F)CCOc1cccc(Br)c1. The summed E-state index contributed by atoms with van der Waals surface area (Å²) in [5.41, 5.74) is 5.77. The summed E-state index contributed by atoms with van der Waals surface area (Å²) >= 11 is 3.35. The molecular formula is C15H18BrF2N3O3. The fourth-order valence-corrected chi connectivity index (χ4v) is 2.51. The molecule has 1 aromatic carbocycles. The van der Waals surface area contributed by atoms with Crippen molar-refractivity contribution in [2.24, 2.45) is 5.73 Å². The summed E-state index contributed by atoms with van der Waals surface area (Å²) in [6.07, 6.45) is -2.19. The van der Waals surface area contributed by atoms with Crippen LogP contribution >= 0.6 is 15.9 Å². The fraction of sp³-hybridized carbons (Fsp3) is 0.400. The number of benzene rings is 1. The molecule has 0 bridgehead atoms. The number of carbonyl (C=O) groups is 1. The zero-order valence-electron chi connectivity index (χ0n) is 13.0. The highest BCUT2D eigenvalue weighted by atomic mass is 79.9. The van der Waals surface area contributed by atoms with E-state index < -0.39 is 18.6 Å². The van der Waals surface area contributed by atoms with Gasteiger partial charge in [-0.05, 0) is 18.2 Å². The predicted octanol–water partition coefficient (Wildman–Crippen LogP) is 2.60. The molecule has 1 aliphatic heterocycles. The van der Waals surface area contributed by atoms with Crippen LogP contribution in [0.15, 0.2) is 40.8 Å². The van der Waals surface area contributed by atoms with Gasteiger partial charge in [0.2, 0.25) is 0 Å². The Morgan fingerprint density at radius 1 is 1.62 bits per heavy atom. The highest BCUT2D eigenvalue weighted by Gasteiger charge is 2.40. The molecule has 1 aliphatic rings. The first-order chi connectivity index (χ1) is 11.4. The number of nitrogens with two attached hydrogens (primary N) is 1. The van der Waals surface area contributed by atoms with Gasteiger partial charge in [-0.3, -0.25) is 4.90 Å². The van der Waals surface area contributed by atoms with E-state index in [0.717, 1.165) is 9.37 Å². The molecule has 2 N–H and O–H groups in total. The molecule has 9 heteroatoms. The van der Waals surface area contributed by atoms with Crippen molar-refractivity contribution >= 4 is 22.0 Å². The topological polar surface area (TPSA) is 68.0 Å². The highest BCUT2D eigenvalue weighted by molar-refractivity contribution is 9.10. The zero-order valence-corrected chi connectivity index (χ0v) is 14.6. The normalized spacial score (nSPS) is 18.0. The maximum Gasteiger partial charge on any atom is 0.416 e. The molecular weight excluding hydrogens is 388 g/mol. The van der Waals surface area contributed by atoms with Crippen molar-refractivity contribution < 1.29 is 23.0 Å². The van der Waals surface area contributed by atoms with Gasteiger partial charge < -0.3 is 20.1 Å². The first kappa shape index (κ1) is 18.3. The number of ether oxygens (including phenoxy) is 2. The predicted molar refractivity (Wildman–Crippen MR) is 87.5 cm³/mol. The Balaban J connectivity index is 1.88. The average molecular weight is 406 g/mol. The lowest BCUT2D eigenvalue weighted by molar-refractivity contribution is 0.0690. The number of cyclic esters (lactones) is 1. The summed E-state index contributed by atoms with van der Waals surface area (Å²) in [5.74, 6) is 0.614. The summed E-state index contributed by atoms with van der Waals surface area (Å²) in [7, 11) is 1.70. The zero-order chi connectivity index (χ0) is 17.7. The van der Waals surface area contributed by atoms with Crippen LogP contribution in [0.1, 0.15) is 0 Å². The number of carbonyl (C=O) groups excluding carboxylic acids is 1. The number of nitrogens with zero attached hydrogens (tertiary/aromatic N) is 2. The van der Waals surface area contributed by atoms with Gasteiger partial charge in [0.05, 0.1) is 6.54 Å². The van der Waals surface area contributed by atoms with E-state index in [4.69, 9.17) is 10.5 Å². The number of likely N-dealkylation sites (N-methyl/N-ethyl adjacent to an activating group) is 1. The van der Waals surface area contributed by atoms with Crippen LogP contribution in [0.5, 0.6) is 5.75 Å². The Morgan fingerprint density at radius 3 is 3.04 bits per heavy atom. The van der Waals surface area contributed by atoms with Crippen molar-refractivity contribution in [2.45, 2.75) is 12.5 Å². The van der Waals surface area contributed by atoms with Gasteiger partial charge in [-0.1, -0.05) is 22.0 Å². The Labute approximate surface area is 146 Å². The third-order valence-electron chi connectivity index (χ3n) is 3.34. The molecule has 1 heterocycles. The summed E-state index contributed by atoms with van der Waals surface area (Å²) in [4.78, 5) is 14.0. The molecule has 1 atom stereocenters. The Kier molecular flexibility index (Phi) is 6.24. The van der Waals surface area contributed by atoms with E-state index in [1.165, 1.54) is 6.20 Å². The van der Waals surface area contributed by atoms with Crippen molar-refractivity contribution in [1.82, 2.24) is 9.80 Å². The molecule has 132 valence electrons. The Bertz CT molecular complexity index is 615. The number of alkyl halides is 2. The van der Waals surface area contributed by atoms with Gasteiger partial charge in [-0.2, -0.15) is 0 Å². The van der Waals surface area contributed by atoms with Crippen LogP contribution in [-0.4, -0.2) is 55.2 Å². The molecule has 0 aliphatic carbocycles. The lowest BCUT2D eigenvalue weighted by Crippen LogP contribution is -2.41. The minimum absolute atomic E-state index is 0.0900. The Hall–Kier alpha value is -2.03. The third kappa shape index (κ3) is 4.73. The molecule has 24 heavy (non-hydrogen) atoms. The quantitative estimate of drug-likeness (QED) is 0.754. The van der Waals surface area contributed by atoms with Crippen LogP contribution in [0, 0.1) is 0 Å². The van der Waals surface area contributed by atoms with Gasteiger partial charge in [0.25, 0.3) is 6.43 Å². The minimum Gasteiger partial charge on any atom is -0.492 e. The van der Waals surface area contributed by atoms with Crippen molar-refractivity contribution in [3.63, 3.8) is 0 Å². The van der Waals surface area contributed by atoms with E-state index in [2.05, 4.69) is 20.7 Å². The lowest BCUT2D eigenvalue weighted by atomic mass is 10.3. The van der Waals surface area contributed by atoms with Gasteiger partial charge in [-0.15, -0.1) is 0 Å². The standard InChI is InChI=1S/C15H18BrF2N3O3/c1-20(5-6-23-11-4-2-3-10(16)7-11)8-13(19)21-12(14(17)18)9-24-15(21)22/h2-4,7-8,12,14H,5-6,9,19H2,1H3/b13-8+. The molecule has 0 radical (unpaired) electrons. The summed E-state index contributed by atoms with van der Waals surface area (Å²) in [6.45, 7) is 0.440.